The zero-order chi connectivity index (χ0) is 37.1. The summed E-state index contributed by atoms with van der Waals surface area (Å²) in [5.41, 5.74) is 4.44. The van der Waals surface area contributed by atoms with Gasteiger partial charge in [0.2, 0.25) is 17.7 Å². The van der Waals surface area contributed by atoms with Crippen LogP contribution in [0.3, 0.4) is 0 Å². The molecule has 0 bridgehead atoms. The zero-order valence-electron chi connectivity index (χ0n) is 29.4. The molecule has 50 heavy (non-hydrogen) atoms. The minimum absolute atomic E-state index is 0.0631. The summed E-state index contributed by atoms with van der Waals surface area (Å²) in [6, 6.07) is 1.73. The van der Waals surface area contributed by atoms with Crippen LogP contribution in [0, 0.1) is 5.92 Å². The van der Waals surface area contributed by atoms with E-state index in [1.807, 2.05) is 0 Å². The fourth-order valence-electron chi connectivity index (χ4n) is 6.79. The number of hydroxylamine groups is 2. The van der Waals surface area contributed by atoms with Gasteiger partial charge < -0.3 is 25.3 Å². The Morgan fingerprint density at radius 2 is 1.52 bits per heavy atom. The predicted octanol–water partition coefficient (Wildman–Crippen LogP) is -2.01. The van der Waals surface area contributed by atoms with Crippen LogP contribution in [0.1, 0.15) is 52.5 Å². The third kappa shape index (κ3) is 8.40. The topological polar surface area (TPSA) is 215 Å². The van der Waals surface area contributed by atoms with Crippen molar-refractivity contribution >= 4 is 35.4 Å². The molecular weight excluding hydrogens is 652 g/mol. The second-order valence-electron chi connectivity index (χ2n) is 14.1. The van der Waals surface area contributed by atoms with Crippen LogP contribution < -0.4 is 16.2 Å². The molecule has 0 aliphatic carbocycles. The number of nitrogens with zero attached hydrogens (tertiary/aromatic N) is 5. The minimum atomic E-state index is -1.86. The summed E-state index contributed by atoms with van der Waals surface area (Å²) >= 11 is 0. The number of nitrogens with one attached hydrogen (secondary N) is 3. The number of rotatable bonds is 4. The monoisotopic (exact) mass is 702 g/mol. The van der Waals surface area contributed by atoms with Gasteiger partial charge >= 0.3 is 0 Å². The van der Waals surface area contributed by atoms with E-state index < -0.39 is 89.8 Å². The fourth-order valence-corrected chi connectivity index (χ4v) is 6.79. The number of aliphatic hydroxyl groups is 2. The van der Waals surface area contributed by atoms with Gasteiger partial charge in [0.1, 0.15) is 30.2 Å². The van der Waals surface area contributed by atoms with E-state index in [4.69, 9.17) is 0 Å². The Bertz CT molecular complexity index is 1440. The number of amides is 6. The highest BCUT2D eigenvalue weighted by atomic mass is 16.5. The molecule has 0 spiro atoms. The Morgan fingerprint density at radius 1 is 0.880 bits per heavy atom. The molecule has 17 heteroatoms. The van der Waals surface area contributed by atoms with Crippen molar-refractivity contribution in [3.63, 3.8) is 0 Å². The maximum Gasteiger partial charge on any atom is 0.269 e. The number of aliphatic hydroxyl groups excluding tert-OH is 1. The average molecular weight is 703 g/mol. The van der Waals surface area contributed by atoms with Crippen molar-refractivity contribution in [1.82, 2.24) is 41.0 Å². The Labute approximate surface area is 291 Å². The molecule has 3 saturated heterocycles. The van der Waals surface area contributed by atoms with E-state index in [1.54, 1.807) is 44.2 Å². The standard InChI is InChI=1S/C33H50N8O9/c1-19(2)26-31(47)39-23(13-10-14-34-39)30(46)38(6)27(33(3,4)49)32(48)40-24(16-21(42)17-35-40)29(45)37(5)18-25(43)36-22(28(44)41(26)50)15-20-11-8-7-9-12-20/h7-9,11-12,19,21-24,26-27,34-35,42,49-50H,10,13-18H2,1-6H3,(H,36,43). The molecular formula is C33H50N8O9. The van der Waals surface area contributed by atoms with Gasteiger partial charge in [-0.3, -0.25) is 44.0 Å². The molecule has 3 fully saturated rings. The molecule has 4 rings (SSSR count). The number of hydrogen-bond acceptors (Lipinski definition) is 11. The smallest absolute Gasteiger partial charge is 0.269 e. The van der Waals surface area contributed by atoms with Crippen molar-refractivity contribution in [2.45, 2.75) is 95.3 Å². The summed E-state index contributed by atoms with van der Waals surface area (Å²) in [7, 11) is 2.62. The van der Waals surface area contributed by atoms with Crippen molar-refractivity contribution in [3.8, 4) is 0 Å². The predicted molar refractivity (Wildman–Crippen MR) is 177 cm³/mol. The Kier molecular flexibility index (Phi) is 12.2. The van der Waals surface area contributed by atoms with Crippen LogP contribution >= 0.6 is 0 Å². The minimum Gasteiger partial charge on any atom is -0.392 e. The second kappa shape index (κ2) is 15.8. The first-order valence-corrected chi connectivity index (χ1v) is 16.8. The van der Waals surface area contributed by atoms with Gasteiger partial charge in [0.25, 0.3) is 17.7 Å². The third-order valence-electron chi connectivity index (χ3n) is 9.28. The number of likely N-dealkylation sites (N-methyl/N-ethyl adjacent to an activating group) is 2. The molecule has 3 aliphatic heterocycles. The summed E-state index contributed by atoms with van der Waals surface area (Å²) in [5.74, 6) is -5.51. The number of β-amino-alcohol motifs (C(OH)–C–C–N with tert-alkyl or cyclic N) is 1. The zero-order valence-corrected chi connectivity index (χ0v) is 29.4. The van der Waals surface area contributed by atoms with E-state index in [0.717, 1.165) is 19.8 Å². The number of benzene rings is 1. The van der Waals surface area contributed by atoms with E-state index in [1.165, 1.54) is 27.9 Å². The molecule has 6 atom stereocenters. The Balaban J connectivity index is 1.83. The molecule has 1 aromatic carbocycles. The highest BCUT2D eigenvalue weighted by Gasteiger charge is 2.49. The van der Waals surface area contributed by atoms with Crippen LogP contribution in [0.15, 0.2) is 30.3 Å². The van der Waals surface area contributed by atoms with Crippen LogP contribution in [0.25, 0.3) is 0 Å². The highest BCUT2D eigenvalue weighted by molar-refractivity contribution is 5.97. The molecule has 6 N–H and O–H groups in total. The van der Waals surface area contributed by atoms with Gasteiger partial charge in [0.15, 0.2) is 0 Å². The van der Waals surface area contributed by atoms with E-state index in [9.17, 15) is 44.2 Å². The molecule has 3 aliphatic rings. The summed E-state index contributed by atoms with van der Waals surface area (Å²) in [6.07, 6.45) is -0.695. The van der Waals surface area contributed by atoms with Gasteiger partial charge in [-0.2, -0.15) is 0 Å². The van der Waals surface area contributed by atoms with E-state index in [-0.39, 0.29) is 30.9 Å². The first-order valence-electron chi connectivity index (χ1n) is 16.8. The SMILES string of the molecule is CC(C)C1C(=O)N2NCCCC2C(=O)N(C)C(C(C)(C)O)C(=O)N2NCC(O)CC2C(=O)N(C)CC(=O)NC(Cc2ccccc2)C(=O)N1O. The van der Waals surface area contributed by atoms with Gasteiger partial charge in [-0.05, 0) is 38.2 Å². The maximum atomic E-state index is 14.3. The largest absolute Gasteiger partial charge is 0.392 e. The number of carbonyl (C=O) groups is 6. The lowest BCUT2D eigenvalue weighted by Crippen LogP contribution is -2.70. The van der Waals surface area contributed by atoms with E-state index in [0.29, 0.717) is 18.5 Å². The van der Waals surface area contributed by atoms with Crippen LogP contribution in [-0.4, -0.2) is 151 Å². The lowest BCUT2D eigenvalue weighted by Gasteiger charge is -2.46. The number of hydrogen-bond donors (Lipinski definition) is 6. The first-order chi connectivity index (χ1) is 23.4. The van der Waals surface area contributed by atoms with E-state index >= 15 is 0 Å². The summed E-state index contributed by atoms with van der Waals surface area (Å²) < 4.78 is 0. The molecule has 6 unspecified atom stereocenters. The van der Waals surface area contributed by atoms with Gasteiger partial charge in [0.05, 0.1) is 18.2 Å². The molecule has 0 radical (unpaired) electrons. The summed E-state index contributed by atoms with van der Waals surface area (Å²) in [4.78, 5) is 86.1. The number of hydrazine groups is 2. The lowest BCUT2D eigenvalue weighted by atomic mass is 9.93. The van der Waals surface area contributed by atoms with Gasteiger partial charge in [-0.15, -0.1) is 0 Å². The number of fused-ring (bicyclic) bond motifs is 2. The third-order valence-corrected chi connectivity index (χ3v) is 9.28. The Hall–Kier alpha value is -4.16. The summed E-state index contributed by atoms with van der Waals surface area (Å²) in [6.45, 7) is 5.50. The second-order valence-corrected chi connectivity index (χ2v) is 14.1. The number of carbonyl (C=O) groups excluding carboxylic acids is 6. The molecule has 3 heterocycles. The normalized spacial score (nSPS) is 28.7. The maximum absolute atomic E-state index is 14.3. The van der Waals surface area contributed by atoms with Crippen LogP contribution in [0.5, 0.6) is 0 Å². The van der Waals surface area contributed by atoms with Crippen LogP contribution in [-0.2, 0) is 35.2 Å². The van der Waals surface area contributed by atoms with Crippen LogP contribution in [0.4, 0.5) is 0 Å². The quantitative estimate of drug-likeness (QED) is 0.189. The molecule has 0 saturated carbocycles. The first kappa shape index (κ1) is 38.6. The van der Waals surface area contributed by atoms with Crippen molar-refractivity contribution < 1.29 is 44.2 Å². The van der Waals surface area contributed by atoms with Crippen molar-refractivity contribution in [1.29, 1.82) is 0 Å². The van der Waals surface area contributed by atoms with Gasteiger partial charge in [-0.25, -0.2) is 15.9 Å². The lowest BCUT2D eigenvalue weighted by molar-refractivity contribution is -0.193. The molecule has 6 amide bonds. The van der Waals surface area contributed by atoms with E-state index in [2.05, 4.69) is 16.2 Å². The van der Waals surface area contributed by atoms with Gasteiger partial charge in [-0.1, -0.05) is 44.2 Å². The Morgan fingerprint density at radius 3 is 2.14 bits per heavy atom. The molecule has 1 aromatic rings. The average Bonchev–Trinajstić information content (AvgIpc) is 3.06. The van der Waals surface area contributed by atoms with Crippen molar-refractivity contribution in [3.05, 3.63) is 35.9 Å². The van der Waals surface area contributed by atoms with Crippen molar-refractivity contribution in [2.24, 2.45) is 5.92 Å². The summed E-state index contributed by atoms with van der Waals surface area (Å²) in [5, 5.41) is 38.1. The molecule has 17 nitrogen and oxygen atoms in total. The van der Waals surface area contributed by atoms with Gasteiger partial charge in [0, 0.05) is 40.0 Å². The molecule has 0 aromatic heterocycles. The fraction of sp³-hybridized carbons (Fsp3) is 0.636. The highest BCUT2D eigenvalue weighted by Crippen LogP contribution is 2.26. The van der Waals surface area contributed by atoms with Crippen molar-refractivity contribution in [2.75, 3.05) is 33.7 Å². The molecule has 276 valence electrons. The van der Waals surface area contributed by atoms with Crippen LogP contribution in [0.2, 0.25) is 0 Å².